The molecule has 0 atom stereocenters. The van der Waals surface area contributed by atoms with Crippen LogP contribution >= 0.6 is 0 Å². The number of halogens is 2. The van der Waals surface area contributed by atoms with Crippen LogP contribution in [-0.2, 0) is 14.8 Å². The fraction of sp³-hybridized carbons (Fsp3) is 0.214. The molecule has 0 aliphatic rings. The van der Waals surface area contributed by atoms with Gasteiger partial charge in [-0.25, -0.2) is 22.2 Å². The number of aromatic nitrogens is 1. The van der Waals surface area contributed by atoms with Gasteiger partial charge in [-0.3, -0.25) is 4.72 Å². The molecule has 2 aromatic rings. The number of methoxy groups -OCH3 is 1. The standard InChI is InChI=1S/C14H14F2N2O4S/c1-21-6-7-22-14-5-3-11(9-17-14)18-23(19,20)13-4-2-10(15)8-12(13)16/h2-5,8-9,18H,6-7H2,1H3. The van der Waals surface area contributed by atoms with Crippen LogP contribution in [0.1, 0.15) is 0 Å². The lowest BCUT2D eigenvalue weighted by Crippen LogP contribution is -2.15. The second-order valence-corrected chi connectivity index (χ2v) is 6.06. The summed E-state index contributed by atoms with van der Waals surface area (Å²) in [5.74, 6) is -1.75. The fourth-order valence-electron chi connectivity index (χ4n) is 1.66. The smallest absolute Gasteiger partial charge is 0.264 e. The Morgan fingerprint density at radius 3 is 2.57 bits per heavy atom. The lowest BCUT2D eigenvalue weighted by atomic mass is 10.3. The van der Waals surface area contributed by atoms with Gasteiger partial charge in [-0.2, -0.15) is 0 Å². The maximum absolute atomic E-state index is 13.6. The number of hydrogen-bond acceptors (Lipinski definition) is 5. The zero-order valence-electron chi connectivity index (χ0n) is 12.1. The number of rotatable bonds is 7. The van der Waals surface area contributed by atoms with Gasteiger partial charge in [0.25, 0.3) is 10.0 Å². The van der Waals surface area contributed by atoms with Gasteiger partial charge < -0.3 is 9.47 Å². The number of ether oxygens (including phenoxy) is 2. The molecule has 0 spiro atoms. The molecule has 2 rings (SSSR count). The summed E-state index contributed by atoms with van der Waals surface area (Å²) in [6.07, 6.45) is 1.22. The van der Waals surface area contributed by atoms with Crippen LogP contribution in [0.5, 0.6) is 5.88 Å². The molecule has 6 nitrogen and oxygen atoms in total. The van der Waals surface area contributed by atoms with Crippen LogP contribution in [0.2, 0.25) is 0 Å². The molecule has 0 fully saturated rings. The van der Waals surface area contributed by atoms with Gasteiger partial charge in [0.05, 0.1) is 18.5 Å². The van der Waals surface area contributed by atoms with Crippen LogP contribution in [0, 0.1) is 11.6 Å². The van der Waals surface area contributed by atoms with Crippen LogP contribution in [-0.4, -0.2) is 33.7 Å². The van der Waals surface area contributed by atoms with E-state index in [1.54, 1.807) is 0 Å². The maximum Gasteiger partial charge on any atom is 0.264 e. The lowest BCUT2D eigenvalue weighted by molar-refractivity contribution is 0.144. The summed E-state index contributed by atoms with van der Waals surface area (Å²) in [6.45, 7) is 0.690. The van der Waals surface area contributed by atoms with Crippen molar-refractivity contribution in [2.75, 3.05) is 25.0 Å². The minimum atomic E-state index is -4.19. The molecule has 0 aliphatic carbocycles. The van der Waals surface area contributed by atoms with E-state index in [1.807, 2.05) is 0 Å². The van der Waals surface area contributed by atoms with Gasteiger partial charge in [0.1, 0.15) is 23.1 Å². The van der Waals surface area contributed by atoms with Crippen LogP contribution in [0.4, 0.5) is 14.5 Å². The summed E-state index contributed by atoms with van der Waals surface area (Å²) in [5, 5.41) is 0. The second-order valence-electron chi connectivity index (χ2n) is 4.41. The van der Waals surface area contributed by atoms with Gasteiger partial charge in [0, 0.05) is 19.2 Å². The lowest BCUT2D eigenvalue weighted by Gasteiger charge is -2.09. The molecule has 0 bridgehead atoms. The molecule has 124 valence electrons. The van der Waals surface area contributed by atoms with Gasteiger partial charge >= 0.3 is 0 Å². The monoisotopic (exact) mass is 344 g/mol. The summed E-state index contributed by atoms with van der Waals surface area (Å²) in [7, 11) is -2.66. The highest BCUT2D eigenvalue weighted by atomic mass is 32.2. The average Bonchev–Trinajstić information content (AvgIpc) is 2.48. The topological polar surface area (TPSA) is 77.5 Å². The van der Waals surface area contributed by atoms with Crippen molar-refractivity contribution in [1.82, 2.24) is 4.98 Å². The third kappa shape index (κ3) is 4.60. The third-order valence-electron chi connectivity index (χ3n) is 2.71. The Morgan fingerprint density at radius 1 is 1.17 bits per heavy atom. The van der Waals surface area contributed by atoms with Gasteiger partial charge in [0.15, 0.2) is 0 Å². The second kappa shape index (κ2) is 7.34. The Labute approximate surface area is 132 Å². The summed E-state index contributed by atoms with van der Waals surface area (Å²) < 4.78 is 62.8. The van der Waals surface area contributed by atoms with Crippen LogP contribution < -0.4 is 9.46 Å². The first-order valence-electron chi connectivity index (χ1n) is 6.48. The summed E-state index contributed by atoms with van der Waals surface area (Å²) in [5.41, 5.74) is 0.118. The fourth-order valence-corrected chi connectivity index (χ4v) is 2.76. The van der Waals surface area contributed by atoms with Crippen LogP contribution in [0.15, 0.2) is 41.4 Å². The Bertz CT molecular complexity index is 767. The van der Waals surface area contributed by atoms with Crippen LogP contribution in [0.25, 0.3) is 0 Å². The molecular weight excluding hydrogens is 330 g/mol. The Kier molecular flexibility index (Phi) is 5.45. The minimum absolute atomic E-state index is 0.118. The zero-order valence-corrected chi connectivity index (χ0v) is 12.9. The van der Waals surface area contributed by atoms with E-state index in [2.05, 4.69) is 9.71 Å². The molecule has 0 aliphatic heterocycles. The molecule has 0 saturated carbocycles. The van der Waals surface area contributed by atoms with Crippen molar-refractivity contribution in [3.05, 3.63) is 48.2 Å². The van der Waals surface area contributed by atoms with E-state index in [0.717, 1.165) is 12.1 Å². The third-order valence-corrected chi connectivity index (χ3v) is 4.12. The largest absolute Gasteiger partial charge is 0.475 e. The molecule has 1 aromatic heterocycles. The van der Waals surface area contributed by atoms with E-state index in [-0.39, 0.29) is 11.6 Å². The number of nitrogens with zero attached hydrogens (tertiary/aromatic N) is 1. The number of benzene rings is 1. The van der Waals surface area contributed by atoms with Gasteiger partial charge in [0.2, 0.25) is 5.88 Å². The Hall–Kier alpha value is -2.26. The molecule has 0 saturated heterocycles. The highest BCUT2D eigenvalue weighted by molar-refractivity contribution is 7.92. The Balaban J connectivity index is 2.11. The highest BCUT2D eigenvalue weighted by Crippen LogP contribution is 2.20. The molecule has 1 heterocycles. The van der Waals surface area contributed by atoms with Gasteiger partial charge in [-0.15, -0.1) is 0 Å². The first-order valence-corrected chi connectivity index (χ1v) is 7.96. The molecule has 23 heavy (non-hydrogen) atoms. The number of hydrogen-bond donors (Lipinski definition) is 1. The molecule has 0 unspecified atom stereocenters. The zero-order chi connectivity index (χ0) is 16.9. The van der Waals surface area contributed by atoms with E-state index in [0.29, 0.717) is 19.3 Å². The molecule has 1 N–H and O–H groups in total. The van der Waals surface area contributed by atoms with E-state index < -0.39 is 26.6 Å². The van der Waals surface area contributed by atoms with E-state index >= 15 is 0 Å². The van der Waals surface area contributed by atoms with Crippen molar-refractivity contribution in [1.29, 1.82) is 0 Å². The minimum Gasteiger partial charge on any atom is -0.475 e. The van der Waals surface area contributed by atoms with Crippen molar-refractivity contribution in [2.24, 2.45) is 0 Å². The van der Waals surface area contributed by atoms with Crippen molar-refractivity contribution < 1.29 is 26.7 Å². The molecule has 0 amide bonds. The van der Waals surface area contributed by atoms with E-state index in [4.69, 9.17) is 9.47 Å². The van der Waals surface area contributed by atoms with E-state index in [9.17, 15) is 17.2 Å². The maximum atomic E-state index is 13.6. The Morgan fingerprint density at radius 2 is 1.96 bits per heavy atom. The number of pyridine rings is 1. The quantitative estimate of drug-likeness (QED) is 0.779. The van der Waals surface area contributed by atoms with Crippen LogP contribution in [0.3, 0.4) is 0 Å². The molecule has 0 radical (unpaired) electrons. The molecular formula is C14H14F2N2O4S. The molecule has 9 heteroatoms. The van der Waals surface area contributed by atoms with Crippen molar-refractivity contribution >= 4 is 15.7 Å². The van der Waals surface area contributed by atoms with Crippen molar-refractivity contribution in [2.45, 2.75) is 4.90 Å². The van der Waals surface area contributed by atoms with E-state index in [1.165, 1.54) is 25.4 Å². The first kappa shape index (κ1) is 17.1. The molecule has 1 aromatic carbocycles. The SMILES string of the molecule is COCCOc1ccc(NS(=O)(=O)c2ccc(F)cc2F)cn1. The summed E-state index contributed by atoms with van der Waals surface area (Å²) in [6, 6.07) is 5.08. The number of anilines is 1. The predicted octanol–water partition coefficient (Wildman–Crippen LogP) is 2.19. The van der Waals surface area contributed by atoms with Gasteiger partial charge in [-0.05, 0) is 18.2 Å². The summed E-state index contributed by atoms with van der Waals surface area (Å²) >= 11 is 0. The van der Waals surface area contributed by atoms with Crippen molar-refractivity contribution in [3.63, 3.8) is 0 Å². The first-order chi connectivity index (χ1) is 10.9. The van der Waals surface area contributed by atoms with Gasteiger partial charge in [-0.1, -0.05) is 0 Å². The average molecular weight is 344 g/mol. The predicted molar refractivity (Wildman–Crippen MR) is 78.8 cm³/mol. The normalized spacial score (nSPS) is 11.3. The van der Waals surface area contributed by atoms with Crippen molar-refractivity contribution in [3.8, 4) is 5.88 Å². The number of nitrogens with one attached hydrogen (secondary N) is 1. The highest BCUT2D eigenvalue weighted by Gasteiger charge is 2.19. The number of sulfonamides is 1. The summed E-state index contributed by atoms with van der Waals surface area (Å²) in [4.78, 5) is 3.25.